The molecule has 20 heavy (non-hydrogen) atoms. The van der Waals surface area contributed by atoms with Crippen LogP contribution in [0.2, 0.25) is 0 Å². The highest BCUT2D eigenvalue weighted by Crippen LogP contribution is 2.23. The largest absolute Gasteiger partial charge is 0.467 e. The van der Waals surface area contributed by atoms with Crippen LogP contribution in [0.1, 0.15) is 12.5 Å². The number of esters is 1. The third kappa shape index (κ3) is 3.94. The SMILES string of the molecule is COC(=O)[C@H](Cc1ccc(N)c([N+](=O)[O-])c1)NC(C)=O. The molecule has 8 heteroatoms. The van der Waals surface area contributed by atoms with Gasteiger partial charge in [0.15, 0.2) is 0 Å². The van der Waals surface area contributed by atoms with Crippen LogP contribution in [0.3, 0.4) is 0 Å². The Morgan fingerprint density at radius 2 is 2.15 bits per heavy atom. The monoisotopic (exact) mass is 281 g/mol. The predicted octanol–water partition coefficient (Wildman–Crippen LogP) is 0.397. The number of anilines is 1. The van der Waals surface area contributed by atoms with Gasteiger partial charge in [0.25, 0.3) is 5.69 Å². The molecule has 0 aliphatic carbocycles. The van der Waals surface area contributed by atoms with Crippen molar-refractivity contribution in [3.8, 4) is 0 Å². The van der Waals surface area contributed by atoms with Gasteiger partial charge in [-0.05, 0) is 11.6 Å². The number of methoxy groups -OCH3 is 1. The highest BCUT2D eigenvalue weighted by atomic mass is 16.6. The van der Waals surface area contributed by atoms with E-state index in [1.165, 1.54) is 26.2 Å². The molecule has 1 atom stereocenters. The number of ether oxygens (including phenoxy) is 1. The summed E-state index contributed by atoms with van der Waals surface area (Å²) in [6.07, 6.45) is 0.0768. The maximum absolute atomic E-state index is 11.5. The van der Waals surface area contributed by atoms with E-state index in [0.717, 1.165) is 0 Å². The second kappa shape index (κ2) is 6.50. The normalized spacial score (nSPS) is 11.5. The molecule has 0 aromatic heterocycles. The Balaban J connectivity index is 2.99. The van der Waals surface area contributed by atoms with Crippen molar-refractivity contribution in [1.29, 1.82) is 0 Å². The van der Waals surface area contributed by atoms with Gasteiger partial charge in [0.2, 0.25) is 5.91 Å². The highest BCUT2D eigenvalue weighted by Gasteiger charge is 2.22. The number of amides is 1. The number of nitro benzene ring substituents is 1. The molecule has 0 aliphatic heterocycles. The molecule has 0 bridgehead atoms. The standard InChI is InChI=1S/C12H15N3O5/c1-7(16)14-10(12(17)20-2)5-8-3-4-9(13)11(6-8)15(18)19/h3-4,6,10H,5,13H2,1-2H3,(H,14,16)/t10-/m0/s1. The summed E-state index contributed by atoms with van der Waals surface area (Å²) in [6.45, 7) is 1.27. The highest BCUT2D eigenvalue weighted by molar-refractivity contribution is 5.83. The Bertz CT molecular complexity index is 544. The van der Waals surface area contributed by atoms with Crippen molar-refractivity contribution >= 4 is 23.3 Å². The molecule has 1 rings (SSSR count). The molecule has 0 spiro atoms. The minimum absolute atomic E-state index is 0.0351. The summed E-state index contributed by atoms with van der Waals surface area (Å²) >= 11 is 0. The molecule has 8 nitrogen and oxygen atoms in total. The van der Waals surface area contributed by atoms with Crippen molar-refractivity contribution in [2.75, 3.05) is 12.8 Å². The zero-order valence-corrected chi connectivity index (χ0v) is 11.1. The summed E-state index contributed by atoms with van der Waals surface area (Å²) < 4.78 is 4.57. The first-order chi connectivity index (χ1) is 9.35. The van der Waals surface area contributed by atoms with Crippen molar-refractivity contribution in [2.45, 2.75) is 19.4 Å². The topological polar surface area (TPSA) is 125 Å². The molecule has 1 aromatic rings. The third-order valence-electron chi connectivity index (χ3n) is 2.59. The summed E-state index contributed by atoms with van der Waals surface area (Å²) in [6, 6.07) is 3.31. The number of carbonyl (C=O) groups excluding carboxylic acids is 2. The summed E-state index contributed by atoms with van der Waals surface area (Å²) in [5, 5.41) is 13.2. The Morgan fingerprint density at radius 1 is 1.50 bits per heavy atom. The van der Waals surface area contributed by atoms with Gasteiger partial charge in [-0.2, -0.15) is 0 Å². The van der Waals surface area contributed by atoms with E-state index in [2.05, 4.69) is 10.1 Å². The van der Waals surface area contributed by atoms with E-state index in [1.54, 1.807) is 6.07 Å². The molecule has 0 unspecified atom stereocenters. The summed E-state index contributed by atoms with van der Waals surface area (Å²) in [5.74, 6) is -1.02. The maximum atomic E-state index is 11.5. The lowest BCUT2D eigenvalue weighted by Gasteiger charge is -2.15. The van der Waals surface area contributed by atoms with Crippen LogP contribution in [0.25, 0.3) is 0 Å². The van der Waals surface area contributed by atoms with E-state index in [4.69, 9.17) is 5.73 Å². The number of carbonyl (C=O) groups is 2. The molecular formula is C12H15N3O5. The molecule has 0 heterocycles. The molecule has 1 aromatic carbocycles. The van der Waals surface area contributed by atoms with Gasteiger partial charge in [-0.15, -0.1) is 0 Å². The number of nitro groups is 1. The Kier molecular flexibility index (Phi) is 5.01. The number of hydrogen-bond acceptors (Lipinski definition) is 6. The van der Waals surface area contributed by atoms with Crippen molar-refractivity contribution < 1.29 is 19.2 Å². The molecule has 0 saturated heterocycles. The minimum Gasteiger partial charge on any atom is -0.467 e. The fourth-order valence-corrected chi connectivity index (χ4v) is 1.69. The summed E-state index contributed by atoms with van der Waals surface area (Å²) in [7, 11) is 1.20. The Labute approximate surface area is 115 Å². The first kappa shape index (κ1) is 15.4. The van der Waals surface area contributed by atoms with Gasteiger partial charge < -0.3 is 15.8 Å². The minimum atomic E-state index is -0.902. The van der Waals surface area contributed by atoms with Gasteiger partial charge in [0, 0.05) is 19.4 Å². The van der Waals surface area contributed by atoms with E-state index in [-0.39, 0.29) is 17.8 Å². The van der Waals surface area contributed by atoms with Gasteiger partial charge >= 0.3 is 5.97 Å². The van der Waals surface area contributed by atoms with Gasteiger partial charge in [-0.25, -0.2) is 4.79 Å². The second-order valence-electron chi connectivity index (χ2n) is 4.13. The number of benzene rings is 1. The van der Waals surface area contributed by atoms with Crippen LogP contribution in [0, 0.1) is 10.1 Å². The van der Waals surface area contributed by atoms with Crippen LogP contribution in [0.4, 0.5) is 11.4 Å². The second-order valence-corrected chi connectivity index (χ2v) is 4.13. The fourth-order valence-electron chi connectivity index (χ4n) is 1.69. The van der Waals surface area contributed by atoms with Crippen LogP contribution in [-0.4, -0.2) is 30.0 Å². The van der Waals surface area contributed by atoms with Gasteiger partial charge in [-0.1, -0.05) is 6.07 Å². The molecule has 0 fully saturated rings. The summed E-state index contributed by atoms with van der Waals surface area (Å²) in [5.41, 5.74) is 5.77. The average Bonchev–Trinajstić information content (AvgIpc) is 2.38. The summed E-state index contributed by atoms with van der Waals surface area (Å²) in [4.78, 5) is 32.8. The molecule has 1 amide bonds. The van der Waals surface area contributed by atoms with Crippen LogP contribution in [0.15, 0.2) is 18.2 Å². The van der Waals surface area contributed by atoms with Gasteiger partial charge in [0.05, 0.1) is 12.0 Å². The van der Waals surface area contributed by atoms with Crippen LogP contribution in [0.5, 0.6) is 0 Å². The van der Waals surface area contributed by atoms with E-state index < -0.39 is 22.8 Å². The van der Waals surface area contributed by atoms with Crippen LogP contribution < -0.4 is 11.1 Å². The van der Waals surface area contributed by atoms with Crippen molar-refractivity contribution in [3.05, 3.63) is 33.9 Å². The zero-order chi connectivity index (χ0) is 15.3. The Morgan fingerprint density at radius 3 is 2.65 bits per heavy atom. The molecular weight excluding hydrogens is 266 g/mol. The predicted molar refractivity (Wildman–Crippen MR) is 70.8 cm³/mol. The van der Waals surface area contributed by atoms with Gasteiger partial charge in [-0.3, -0.25) is 14.9 Å². The quantitative estimate of drug-likeness (QED) is 0.348. The molecule has 0 radical (unpaired) electrons. The lowest BCUT2D eigenvalue weighted by molar-refractivity contribution is -0.384. The van der Waals surface area contributed by atoms with E-state index >= 15 is 0 Å². The van der Waals surface area contributed by atoms with Crippen molar-refractivity contribution in [2.24, 2.45) is 0 Å². The lowest BCUT2D eigenvalue weighted by Crippen LogP contribution is -2.42. The number of hydrogen-bond donors (Lipinski definition) is 2. The maximum Gasteiger partial charge on any atom is 0.328 e. The number of rotatable bonds is 5. The average molecular weight is 281 g/mol. The van der Waals surface area contributed by atoms with Crippen LogP contribution in [-0.2, 0) is 20.7 Å². The van der Waals surface area contributed by atoms with Crippen molar-refractivity contribution in [1.82, 2.24) is 5.32 Å². The molecule has 108 valence electrons. The number of nitrogens with zero attached hydrogens (tertiary/aromatic N) is 1. The molecule has 0 saturated carbocycles. The number of nitrogens with two attached hydrogens (primary N) is 1. The molecule has 3 N–H and O–H groups in total. The first-order valence-electron chi connectivity index (χ1n) is 5.73. The first-order valence-corrected chi connectivity index (χ1v) is 5.73. The molecule has 0 aliphatic rings. The fraction of sp³-hybridized carbons (Fsp3) is 0.333. The third-order valence-corrected chi connectivity index (χ3v) is 2.59. The number of nitrogen functional groups attached to an aromatic ring is 1. The number of nitrogens with one attached hydrogen (secondary N) is 1. The van der Waals surface area contributed by atoms with Gasteiger partial charge in [0.1, 0.15) is 11.7 Å². The van der Waals surface area contributed by atoms with E-state index in [9.17, 15) is 19.7 Å². The van der Waals surface area contributed by atoms with Crippen molar-refractivity contribution in [3.63, 3.8) is 0 Å². The Hall–Kier alpha value is -2.64. The van der Waals surface area contributed by atoms with E-state index in [1.807, 2.05) is 0 Å². The van der Waals surface area contributed by atoms with Crippen LogP contribution >= 0.6 is 0 Å². The smallest absolute Gasteiger partial charge is 0.328 e. The zero-order valence-electron chi connectivity index (χ0n) is 11.1. The van der Waals surface area contributed by atoms with E-state index in [0.29, 0.717) is 5.56 Å². The lowest BCUT2D eigenvalue weighted by atomic mass is 10.0.